The highest BCUT2D eigenvalue weighted by atomic mass is 35.5. The molecule has 1 aromatic carbocycles. The molecule has 26 heavy (non-hydrogen) atoms. The van der Waals surface area contributed by atoms with Crippen molar-refractivity contribution >= 4 is 39.1 Å². The summed E-state index contributed by atoms with van der Waals surface area (Å²) in [6, 6.07) is 4.33. The molecular formula is C17H22ClN3O4S. The van der Waals surface area contributed by atoms with Crippen LogP contribution in [0, 0.1) is 11.8 Å². The number of halogens is 1. The van der Waals surface area contributed by atoms with Crippen LogP contribution in [0.15, 0.2) is 27.5 Å². The van der Waals surface area contributed by atoms with Crippen LogP contribution < -0.4 is 10.6 Å². The van der Waals surface area contributed by atoms with Gasteiger partial charge in [-0.3, -0.25) is 4.79 Å². The van der Waals surface area contributed by atoms with Crippen LogP contribution in [-0.4, -0.2) is 38.4 Å². The van der Waals surface area contributed by atoms with E-state index in [0.29, 0.717) is 5.92 Å². The van der Waals surface area contributed by atoms with E-state index >= 15 is 0 Å². The predicted molar refractivity (Wildman–Crippen MR) is 99.9 cm³/mol. The fraction of sp³-hybridized carbons (Fsp3) is 0.529. The molecule has 0 bridgehead atoms. The van der Waals surface area contributed by atoms with Gasteiger partial charge in [-0.15, -0.1) is 4.40 Å². The predicted octanol–water partition coefficient (Wildman–Crippen LogP) is 2.16. The van der Waals surface area contributed by atoms with E-state index in [-0.39, 0.29) is 40.5 Å². The van der Waals surface area contributed by atoms with Gasteiger partial charge >= 0.3 is 0 Å². The normalized spacial score (nSPS) is 20.5. The topological polar surface area (TPSA) is 108 Å². The van der Waals surface area contributed by atoms with Gasteiger partial charge in [0.15, 0.2) is 0 Å². The highest BCUT2D eigenvalue weighted by Crippen LogP contribution is 2.31. The summed E-state index contributed by atoms with van der Waals surface area (Å²) < 4.78 is 28.1. The summed E-state index contributed by atoms with van der Waals surface area (Å²) in [5.74, 6) is -0.545. The Balaban J connectivity index is 1.68. The molecule has 0 radical (unpaired) electrons. The molecule has 1 aliphatic carbocycles. The van der Waals surface area contributed by atoms with Gasteiger partial charge in [0, 0.05) is 24.1 Å². The summed E-state index contributed by atoms with van der Waals surface area (Å²) in [6.45, 7) is 0.276. The second-order valence-electron chi connectivity index (χ2n) is 6.73. The number of carbonyl (C=O) groups excluding carboxylic acids is 1. The van der Waals surface area contributed by atoms with Crippen LogP contribution in [-0.2, 0) is 14.8 Å². The van der Waals surface area contributed by atoms with E-state index in [4.69, 9.17) is 11.6 Å². The Kier molecular flexibility index (Phi) is 5.84. The lowest BCUT2D eigenvalue weighted by atomic mass is 9.80. The summed E-state index contributed by atoms with van der Waals surface area (Å²) in [5, 5.41) is 15.3. The number of anilines is 1. The van der Waals surface area contributed by atoms with Gasteiger partial charge in [-0.05, 0) is 24.1 Å². The summed E-state index contributed by atoms with van der Waals surface area (Å²) in [5.41, 5.74) is 0.264. The summed E-state index contributed by atoms with van der Waals surface area (Å²) in [7, 11) is -3.99. The smallest absolute Gasteiger partial charge is 0.287 e. The fourth-order valence-corrected chi connectivity index (χ4v) is 4.90. The van der Waals surface area contributed by atoms with Gasteiger partial charge in [-0.25, -0.2) is 0 Å². The second kappa shape index (κ2) is 7.94. The zero-order valence-corrected chi connectivity index (χ0v) is 15.8. The quantitative estimate of drug-likeness (QED) is 0.703. The van der Waals surface area contributed by atoms with Crippen LogP contribution in [0.1, 0.15) is 32.1 Å². The number of benzene rings is 1. The maximum absolute atomic E-state index is 12.4. The van der Waals surface area contributed by atoms with Crippen LogP contribution in [0.3, 0.4) is 0 Å². The van der Waals surface area contributed by atoms with Gasteiger partial charge in [0.25, 0.3) is 15.9 Å². The lowest BCUT2D eigenvalue weighted by Crippen LogP contribution is -2.42. The fourth-order valence-electron chi connectivity index (χ4n) is 3.52. The number of rotatable bonds is 5. The van der Waals surface area contributed by atoms with Gasteiger partial charge in [-0.1, -0.05) is 43.7 Å². The molecule has 142 valence electrons. The third kappa shape index (κ3) is 4.19. The first-order valence-corrected chi connectivity index (χ1v) is 10.5. The van der Waals surface area contributed by atoms with Crippen LogP contribution in [0.2, 0.25) is 5.02 Å². The first-order valence-electron chi connectivity index (χ1n) is 8.71. The molecule has 1 aromatic rings. The maximum atomic E-state index is 12.4. The zero-order valence-electron chi connectivity index (χ0n) is 14.2. The van der Waals surface area contributed by atoms with Crippen LogP contribution in [0.25, 0.3) is 0 Å². The number of amides is 1. The summed E-state index contributed by atoms with van der Waals surface area (Å²) >= 11 is 5.83. The van der Waals surface area contributed by atoms with Crippen molar-refractivity contribution in [3.8, 4) is 0 Å². The standard InChI is InChI=1S/C17H22ClN3O4S/c18-13-6-7-14-15(8-13)26(24,25)21-16(20-14)17(23)19-9-12(10-22)11-4-2-1-3-5-11/h6-8,11-12,22H,1-5,9-10H2,(H,19,23)(H,20,21). The van der Waals surface area contributed by atoms with Crippen molar-refractivity contribution in [2.24, 2.45) is 16.2 Å². The lowest BCUT2D eigenvalue weighted by molar-refractivity contribution is -0.115. The third-order valence-corrected chi connectivity index (χ3v) is 6.53. The number of carbonyl (C=O) groups is 1. The Hall–Kier alpha value is -1.64. The lowest BCUT2D eigenvalue weighted by Gasteiger charge is -2.29. The Morgan fingerprint density at radius 1 is 1.35 bits per heavy atom. The van der Waals surface area contributed by atoms with Gasteiger partial charge in [0.2, 0.25) is 5.84 Å². The first kappa shape index (κ1) is 19.1. The molecule has 1 heterocycles. The van der Waals surface area contributed by atoms with Gasteiger partial charge in [0.05, 0.1) is 5.69 Å². The van der Waals surface area contributed by atoms with Crippen molar-refractivity contribution < 1.29 is 18.3 Å². The van der Waals surface area contributed by atoms with Crippen molar-refractivity contribution in [3.63, 3.8) is 0 Å². The highest BCUT2D eigenvalue weighted by Gasteiger charge is 2.29. The SMILES string of the molecule is O=C(NCC(CO)C1CCCCC1)C1=NS(=O)(=O)c2cc(Cl)ccc2N1. The van der Waals surface area contributed by atoms with E-state index in [0.717, 1.165) is 25.7 Å². The molecule has 1 amide bonds. The molecule has 1 saturated carbocycles. The van der Waals surface area contributed by atoms with Gasteiger partial charge in [0.1, 0.15) is 4.90 Å². The van der Waals surface area contributed by atoms with E-state index in [9.17, 15) is 18.3 Å². The molecule has 7 nitrogen and oxygen atoms in total. The van der Waals surface area contributed by atoms with Crippen LogP contribution in [0.5, 0.6) is 0 Å². The first-order chi connectivity index (χ1) is 12.4. The number of aliphatic hydroxyl groups is 1. The number of aliphatic hydroxyl groups excluding tert-OH is 1. The number of hydrogen-bond acceptors (Lipinski definition) is 5. The van der Waals surface area contributed by atoms with E-state index < -0.39 is 15.9 Å². The Bertz CT molecular complexity index is 819. The second-order valence-corrected chi connectivity index (χ2v) is 8.74. The Labute approximate surface area is 157 Å². The van der Waals surface area contributed by atoms with E-state index in [2.05, 4.69) is 15.0 Å². The number of hydrogen-bond donors (Lipinski definition) is 3. The summed E-state index contributed by atoms with van der Waals surface area (Å²) in [4.78, 5) is 12.3. The van der Waals surface area contributed by atoms with Gasteiger partial charge in [-0.2, -0.15) is 8.42 Å². The molecule has 0 spiro atoms. The number of amidine groups is 1. The minimum atomic E-state index is -3.99. The molecule has 1 unspecified atom stereocenters. The van der Waals surface area contributed by atoms with E-state index in [1.54, 1.807) is 0 Å². The maximum Gasteiger partial charge on any atom is 0.287 e. The van der Waals surface area contributed by atoms with Crippen molar-refractivity contribution in [2.75, 3.05) is 18.5 Å². The van der Waals surface area contributed by atoms with Crippen molar-refractivity contribution in [1.29, 1.82) is 0 Å². The molecule has 2 aliphatic rings. The number of nitrogens with zero attached hydrogens (tertiary/aromatic N) is 1. The summed E-state index contributed by atoms with van der Waals surface area (Å²) in [6.07, 6.45) is 5.58. The Morgan fingerprint density at radius 3 is 2.77 bits per heavy atom. The van der Waals surface area contributed by atoms with Crippen molar-refractivity contribution in [3.05, 3.63) is 23.2 Å². The van der Waals surface area contributed by atoms with Crippen LogP contribution >= 0.6 is 11.6 Å². The number of nitrogens with one attached hydrogen (secondary N) is 2. The molecule has 3 N–H and O–H groups in total. The zero-order chi connectivity index (χ0) is 18.7. The molecule has 1 fully saturated rings. The van der Waals surface area contributed by atoms with Crippen molar-refractivity contribution in [2.45, 2.75) is 37.0 Å². The third-order valence-electron chi connectivity index (χ3n) is 4.98. The molecular weight excluding hydrogens is 378 g/mol. The molecule has 1 aliphatic heterocycles. The average Bonchev–Trinajstić information content (AvgIpc) is 2.63. The highest BCUT2D eigenvalue weighted by molar-refractivity contribution is 7.90. The molecule has 1 atom stereocenters. The average molecular weight is 400 g/mol. The minimum absolute atomic E-state index is 0.00944. The molecule has 0 saturated heterocycles. The van der Waals surface area contributed by atoms with Crippen molar-refractivity contribution in [1.82, 2.24) is 5.32 Å². The molecule has 9 heteroatoms. The monoisotopic (exact) mass is 399 g/mol. The van der Waals surface area contributed by atoms with E-state index in [1.165, 1.54) is 24.6 Å². The van der Waals surface area contributed by atoms with Gasteiger partial charge < -0.3 is 15.7 Å². The number of sulfonamides is 1. The minimum Gasteiger partial charge on any atom is -0.396 e. The van der Waals surface area contributed by atoms with Crippen LogP contribution in [0.4, 0.5) is 5.69 Å². The largest absolute Gasteiger partial charge is 0.396 e. The molecule has 0 aromatic heterocycles. The Morgan fingerprint density at radius 2 is 2.08 bits per heavy atom. The van der Waals surface area contributed by atoms with E-state index in [1.807, 2.05) is 0 Å². The molecule has 3 rings (SSSR count). The number of fused-ring (bicyclic) bond motifs is 1.